The van der Waals surface area contributed by atoms with E-state index in [1.807, 2.05) is 35.2 Å². The Morgan fingerprint density at radius 1 is 0.828 bits per heavy atom. The Morgan fingerprint density at radius 3 is 2.38 bits per heavy atom. The van der Waals surface area contributed by atoms with Crippen molar-refractivity contribution in [2.45, 2.75) is 81.2 Å². The number of rotatable bonds is 16. The van der Waals surface area contributed by atoms with Crippen LogP contribution in [0.4, 0.5) is 5.82 Å². The molecule has 3 aromatic rings. The van der Waals surface area contributed by atoms with Gasteiger partial charge in [-0.05, 0) is 105 Å². The topological polar surface area (TPSA) is 168 Å². The molecule has 1 unspecified atom stereocenters. The van der Waals surface area contributed by atoms with Crippen molar-refractivity contribution in [2.75, 3.05) is 76.1 Å². The summed E-state index contributed by atoms with van der Waals surface area (Å²) in [4.78, 5) is 96.3. The molecule has 5 aliphatic heterocycles. The fourth-order valence-corrected chi connectivity index (χ4v) is 10.7. The maximum atomic E-state index is 13.4. The van der Waals surface area contributed by atoms with Crippen molar-refractivity contribution >= 4 is 59.1 Å². The third-order valence-corrected chi connectivity index (χ3v) is 14.5. The molecule has 0 spiro atoms. The number of anilines is 1. The van der Waals surface area contributed by atoms with Crippen LogP contribution in [-0.4, -0.2) is 148 Å². The number of amides is 6. The molecule has 64 heavy (non-hydrogen) atoms. The number of likely N-dealkylation sites (tertiary alicyclic amines) is 1. The molecule has 4 saturated heterocycles. The zero-order valence-corrected chi connectivity index (χ0v) is 37.3. The summed E-state index contributed by atoms with van der Waals surface area (Å²) in [7, 11) is 0. The zero-order chi connectivity index (χ0) is 44.4. The number of aromatic nitrogens is 2. The lowest BCUT2D eigenvalue weighted by atomic mass is 9.91. The van der Waals surface area contributed by atoms with Crippen LogP contribution in [0.25, 0.3) is 6.08 Å². The van der Waals surface area contributed by atoms with Gasteiger partial charge in [-0.2, -0.15) is 0 Å². The molecule has 2 N–H and O–H groups in total. The Kier molecular flexibility index (Phi) is 15.2. The van der Waals surface area contributed by atoms with Crippen LogP contribution >= 0.6 is 11.8 Å². The van der Waals surface area contributed by atoms with Crippen molar-refractivity contribution in [1.29, 1.82) is 0 Å². The fraction of sp³-hybridized carbons (Fsp3) is 0.500. The number of thioether (sulfide) groups is 1. The van der Waals surface area contributed by atoms with Gasteiger partial charge in [0.15, 0.2) is 0 Å². The van der Waals surface area contributed by atoms with E-state index in [0.29, 0.717) is 35.2 Å². The van der Waals surface area contributed by atoms with Crippen LogP contribution in [0.15, 0.2) is 72.0 Å². The number of piperidine rings is 3. The Labute approximate surface area is 379 Å². The summed E-state index contributed by atoms with van der Waals surface area (Å²) in [6, 6.07) is 12.6. The number of benzene rings is 1. The first-order valence-corrected chi connectivity index (χ1v) is 24.0. The second-order valence-corrected chi connectivity index (χ2v) is 18.6. The smallest absolute Gasteiger partial charge is 0.263 e. The van der Waals surface area contributed by atoms with Crippen molar-refractivity contribution < 1.29 is 28.8 Å². The fourth-order valence-electron chi connectivity index (χ4n) is 9.67. The monoisotopic (exact) mass is 889 g/mol. The van der Waals surface area contributed by atoms with Gasteiger partial charge in [0, 0.05) is 101 Å². The number of nitrogens with zero attached hydrogens (tertiary/aromatic N) is 7. The molecule has 5 aliphatic rings. The SMILES string of the molecule is O=C(/C=C/c1cccnc1)NCCCCC1CCN(C(=O)c2ccc(N3CCC(N4CCN(CCCSc5cccc6c5C(=O)N(C5CCC(=O)NC5=O)C6=O)CC4)CC3)nc2)CC1. The first-order chi connectivity index (χ1) is 31.2. The van der Waals surface area contributed by atoms with Crippen molar-refractivity contribution in [3.63, 3.8) is 0 Å². The van der Waals surface area contributed by atoms with Crippen LogP contribution in [0.1, 0.15) is 101 Å². The van der Waals surface area contributed by atoms with Crippen LogP contribution in [0, 0.1) is 5.92 Å². The predicted octanol–water partition coefficient (Wildman–Crippen LogP) is 4.50. The van der Waals surface area contributed by atoms with Crippen molar-refractivity contribution in [3.05, 3.63) is 89.4 Å². The molecule has 8 rings (SSSR count). The van der Waals surface area contributed by atoms with Crippen molar-refractivity contribution in [2.24, 2.45) is 5.92 Å². The van der Waals surface area contributed by atoms with E-state index in [9.17, 15) is 28.8 Å². The molecule has 0 radical (unpaired) electrons. The molecule has 7 heterocycles. The molecule has 2 aromatic heterocycles. The first-order valence-electron chi connectivity index (χ1n) is 23.0. The molecule has 15 nitrogen and oxygen atoms in total. The number of hydrogen-bond donors (Lipinski definition) is 2. The lowest BCUT2D eigenvalue weighted by Crippen LogP contribution is -2.54. The summed E-state index contributed by atoms with van der Waals surface area (Å²) < 4.78 is 0. The molecule has 1 atom stereocenters. The van der Waals surface area contributed by atoms with Gasteiger partial charge >= 0.3 is 0 Å². The summed E-state index contributed by atoms with van der Waals surface area (Å²) in [6.45, 7) is 9.13. The third-order valence-electron chi connectivity index (χ3n) is 13.4. The summed E-state index contributed by atoms with van der Waals surface area (Å²) in [5.41, 5.74) is 2.23. The molecule has 1 aromatic carbocycles. The Morgan fingerprint density at radius 2 is 1.64 bits per heavy atom. The molecular weight excluding hydrogens is 831 g/mol. The van der Waals surface area contributed by atoms with E-state index in [2.05, 4.69) is 30.3 Å². The number of carbonyl (C=O) groups is 6. The average Bonchev–Trinajstić information content (AvgIpc) is 3.58. The highest BCUT2D eigenvalue weighted by molar-refractivity contribution is 7.99. The second kappa shape index (κ2) is 21.5. The summed E-state index contributed by atoms with van der Waals surface area (Å²) in [5.74, 6) is 0.388. The Balaban J connectivity index is 0.688. The summed E-state index contributed by atoms with van der Waals surface area (Å²) in [6.07, 6.45) is 17.0. The minimum Gasteiger partial charge on any atom is -0.357 e. The molecule has 0 aliphatic carbocycles. The van der Waals surface area contributed by atoms with Gasteiger partial charge < -0.3 is 20.0 Å². The lowest BCUT2D eigenvalue weighted by molar-refractivity contribution is -0.136. The predicted molar refractivity (Wildman–Crippen MR) is 245 cm³/mol. The maximum absolute atomic E-state index is 13.4. The van der Waals surface area contributed by atoms with Gasteiger partial charge in [-0.25, -0.2) is 4.98 Å². The summed E-state index contributed by atoms with van der Waals surface area (Å²) >= 11 is 1.57. The van der Waals surface area contributed by atoms with Gasteiger partial charge in [-0.15, -0.1) is 11.8 Å². The minimum atomic E-state index is -0.965. The number of carbonyl (C=O) groups excluding carboxylic acids is 6. The maximum Gasteiger partial charge on any atom is 0.263 e. The van der Waals surface area contributed by atoms with Gasteiger partial charge in [0.1, 0.15) is 11.9 Å². The zero-order valence-electron chi connectivity index (χ0n) is 36.5. The summed E-state index contributed by atoms with van der Waals surface area (Å²) in [5, 5.41) is 5.22. The average molecular weight is 890 g/mol. The lowest BCUT2D eigenvalue weighted by Gasteiger charge is -2.43. The minimum absolute atomic E-state index is 0.0600. The van der Waals surface area contributed by atoms with E-state index in [-0.39, 0.29) is 30.6 Å². The molecule has 16 heteroatoms. The molecule has 0 saturated carbocycles. The number of unbranched alkanes of at least 4 members (excludes halogenated alkanes) is 1. The van der Waals surface area contributed by atoms with E-state index in [0.717, 1.165) is 137 Å². The molecular formula is C48H59N9O6S. The van der Waals surface area contributed by atoms with E-state index in [1.54, 1.807) is 54.6 Å². The molecule has 338 valence electrons. The van der Waals surface area contributed by atoms with Crippen LogP contribution in [0.5, 0.6) is 0 Å². The number of hydrogen-bond acceptors (Lipinski definition) is 12. The highest BCUT2D eigenvalue weighted by atomic mass is 32.2. The van der Waals surface area contributed by atoms with Crippen LogP contribution in [-0.2, 0) is 14.4 Å². The number of fused-ring (bicyclic) bond motifs is 1. The van der Waals surface area contributed by atoms with Crippen LogP contribution in [0.3, 0.4) is 0 Å². The van der Waals surface area contributed by atoms with Gasteiger partial charge in [0.05, 0.1) is 16.7 Å². The van der Waals surface area contributed by atoms with E-state index < -0.39 is 23.8 Å². The quantitative estimate of drug-likeness (QED) is 0.0897. The number of pyridine rings is 2. The molecule has 6 amide bonds. The van der Waals surface area contributed by atoms with Gasteiger partial charge in [-0.1, -0.05) is 25.0 Å². The van der Waals surface area contributed by atoms with E-state index in [1.165, 1.54) is 0 Å². The Hall–Kier alpha value is -5.45. The standard InChI is InChI=1S/C48H59N9O6S/c58-42(14-10-35-7-4-20-49-32-35)50-21-2-1-6-34-16-23-56(24-17-34)46(61)36-11-13-41(51-33-36)55-25-18-37(19-26-55)54-29-27-53(28-30-54)22-5-31-64-40-9-3-8-38-44(40)48(63)57(47(38)62)39-12-15-43(59)52-45(39)60/h3-4,7-11,13-14,20,32-34,37,39H,1-2,5-6,12,15-19,21-31H2,(H,50,58)(H,52,59,60)/b14-10+. The Bertz CT molecular complexity index is 2180. The molecule has 4 fully saturated rings. The highest BCUT2D eigenvalue weighted by Gasteiger charge is 2.45. The number of piperazine rings is 1. The van der Waals surface area contributed by atoms with Crippen molar-refractivity contribution in [1.82, 2.24) is 40.2 Å². The van der Waals surface area contributed by atoms with Gasteiger partial charge in [-0.3, -0.25) is 48.9 Å². The van der Waals surface area contributed by atoms with Gasteiger partial charge in [0.2, 0.25) is 17.7 Å². The largest absolute Gasteiger partial charge is 0.357 e. The number of nitrogens with one attached hydrogen (secondary N) is 2. The van der Waals surface area contributed by atoms with Gasteiger partial charge in [0.25, 0.3) is 17.7 Å². The van der Waals surface area contributed by atoms with Crippen LogP contribution in [0.2, 0.25) is 0 Å². The third kappa shape index (κ3) is 11.1. The van der Waals surface area contributed by atoms with E-state index >= 15 is 0 Å². The first kappa shape index (κ1) is 45.1. The van der Waals surface area contributed by atoms with Crippen LogP contribution < -0.4 is 15.5 Å². The normalized spacial score (nSPS) is 20.6. The second-order valence-electron chi connectivity index (χ2n) is 17.5. The highest BCUT2D eigenvalue weighted by Crippen LogP contribution is 2.35. The number of imide groups is 2. The molecule has 0 bridgehead atoms. The van der Waals surface area contributed by atoms with E-state index in [4.69, 9.17) is 4.98 Å². The van der Waals surface area contributed by atoms with Crippen molar-refractivity contribution in [3.8, 4) is 0 Å².